The molecule has 0 saturated carbocycles. The Balaban J connectivity index is 1.87. The minimum absolute atomic E-state index is 0.144. The predicted molar refractivity (Wildman–Crippen MR) is 92.0 cm³/mol. The van der Waals surface area contributed by atoms with Gasteiger partial charge in [0.25, 0.3) is 0 Å². The number of rotatable bonds is 4. The van der Waals surface area contributed by atoms with Crippen LogP contribution >= 0.6 is 0 Å². The van der Waals surface area contributed by atoms with E-state index in [9.17, 15) is 22.0 Å². The molecule has 2 aromatic carbocycles. The SMILES string of the molecule is FC(F)(F)C(F)(F)c1nnc2c3ccccc3c(NCc3ccccc3)nn12. The number of anilines is 1. The smallest absolute Gasteiger partial charge is 0.364 e. The lowest BCUT2D eigenvalue weighted by molar-refractivity contribution is -0.293. The first-order valence-corrected chi connectivity index (χ1v) is 8.16. The minimum Gasteiger partial charge on any atom is -0.364 e. The van der Waals surface area contributed by atoms with E-state index in [1.54, 1.807) is 24.3 Å². The zero-order valence-corrected chi connectivity index (χ0v) is 14.1. The summed E-state index contributed by atoms with van der Waals surface area (Å²) >= 11 is 0. The maximum atomic E-state index is 13.9. The molecule has 0 fully saturated rings. The lowest BCUT2D eigenvalue weighted by Crippen LogP contribution is -2.36. The average molecular weight is 393 g/mol. The molecule has 0 radical (unpaired) electrons. The number of benzene rings is 2. The van der Waals surface area contributed by atoms with Gasteiger partial charge in [0, 0.05) is 17.3 Å². The third-order valence-corrected chi connectivity index (χ3v) is 4.20. The Hall–Kier alpha value is -3.30. The van der Waals surface area contributed by atoms with Crippen molar-refractivity contribution in [3.05, 3.63) is 66.0 Å². The molecule has 5 nitrogen and oxygen atoms in total. The van der Waals surface area contributed by atoms with E-state index in [-0.39, 0.29) is 11.5 Å². The quantitative estimate of drug-likeness (QED) is 0.517. The number of alkyl halides is 5. The topological polar surface area (TPSA) is 55.1 Å². The lowest BCUT2D eigenvalue weighted by Gasteiger charge is -2.17. The van der Waals surface area contributed by atoms with Crippen LogP contribution in [0.25, 0.3) is 16.4 Å². The van der Waals surface area contributed by atoms with E-state index < -0.39 is 17.9 Å². The predicted octanol–water partition coefficient (Wildman–Crippen LogP) is 4.54. The summed E-state index contributed by atoms with van der Waals surface area (Å²) in [6.07, 6.45) is -5.82. The summed E-state index contributed by atoms with van der Waals surface area (Å²) in [6.45, 7) is 0.302. The van der Waals surface area contributed by atoms with E-state index in [1.165, 1.54) is 0 Å². The van der Waals surface area contributed by atoms with Crippen LogP contribution in [0.1, 0.15) is 11.4 Å². The molecule has 10 heteroatoms. The molecular weight excluding hydrogens is 381 g/mol. The number of nitrogens with one attached hydrogen (secondary N) is 1. The van der Waals surface area contributed by atoms with Crippen molar-refractivity contribution in [1.29, 1.82) is 0 Å². The Bertz CT molecular complexity index is 1140. The molecule has 28 heavy (non-hydrogen) atoms. The van der Waals surface area contributed by atoms with Gasteiger partial charge in [0.1, 0.15) is 0 Å². The Kier molecular flexibility index (Phi) is 4.13. The van der Waals surface area contributed by atoms with Crippen molar-refractivity contribution in [3.63, 3.8) is 0 Å². The van der Waals surface area contributed by atoms with Gasteiger partial charge in [-0.05, 0) is 5.56 Å². The van der Waals surface area contributed by atoms with Crippen LogP contribution in [-0.4, -0.2) is 26.0 Å². The third kappa shape index (κ3) is 2.90. The second kappa shape index (κ2) is 6.39. The van der Waals surface area contributed by atoms with E-state index in [0.29, 0.717) is 21.8 Å². The molecule has 2 aromatic heterocycles. The van der Waals surface area contributed by atoms with E-state index in [4.69, 9.17) is 0 Å². The highest BCUT2D eigenvalue weighted by atomic mass is 19.4. The van der Waals surface area contributed by atoms with Gasteiger partial charge in [0.15, 0.2) is 11.5 Å². The van der Waals surface area contributed by atoms with Gasteiger partial charge < -0.3 is 5.32 Å². The van der Waals surface area contributed by atoms with Gasteiger partial charge in [-0.2, -0.15) is 26.5 Å². The van der Waals surface area contributed by atoms with Crippen molar-refractivity contribution < 1.29 is 22.0 Å². The molecule has 2 heterocycles. The highest BCUT2D eigenvalue weighted by Crippen LogP contribution is 2.43. The van der Waals surface area contributed by atoms with Crippen LogP contribution in [0.15, 0.2) is 54.6 Å². The van der Waals surface area contributed by atoms with Crippen molar-refractivity contribution in [2.45, 2.75) is 18.6 Å². The first-order chi connectivity index (χ1) is 13.3. The summed E-state index contributed by atoms with van der Waals surface area (Å²) in [7, 11) is 0. The summed E-state index contributed by atoms with van der Waals surface area (Å²) < 4.78 is 66.7. The van der Waals surface area contributed by atoms with Gasteiger partial charge in [-0.15, -0.1) is 15.3 Å². The van der Waals surface area contributed by atoms with E-state index >= 15 is 0 Å². The van der Waals surface area contributed by atoms with E-state index in [0.717, 1.165) is 5.56 Å². The van der Waals surface area contributed by atoms with Crippen LogP contribution in [-0.2, 0) is 12.5 Å². The largest absolute Gasteiger partial charge is 0.461 e. The highest BCUT2D eigenvalue weighted by Gasteiger charge is 2.62. The summed E-state index contributed by atoms with van der Waals surface area (Å²) in [5.41, 5.74) is 0.706. The molecule has 4 rings (SSSR count). The van der Waals surface area contributed by atoms with Gasteiger partial charge in [0.2, 0.25) is 5.82 Å². The molecular formula is C18H12F5N5. The number of halogens is 5. The first kappa shape index (κ1) is 18.1. The monoisotopic (exact) mass is 393 g/mol. The Morgan fingerprint density at radius 3 is 2.14 bits per heavy atom. The van der Waals surface area contributed by atoms with Gasteiger partial charge in [0.05, 0.1) is 0 Å². The summed E-state index contributed by atoms with van der Waals surface area (Å²) in [4.78, 5) is 0. The van der Waals surface area contributed by atoms with Crippen LogP contribution in [0.2, 0.25) is 0 Å². The van der Waals surface area contributed by atoms with Crippen molar-refractivity contribution in [3.8, 4) is 0 Å². The van der Waals surface area contributed by atoms with E-state index in [2.05, 4.69) is 20.6 Å². The normalized spacial score (nSPS) is 12.6. The van der Waals surface area contributed by atoms with Gasteiger partial charge in [-0.1, -0.05) is 54.6 Å². The zero-order valence-electron chi connectivity index (χ0n) is 14.1. The second-order valence-electron chi connectivity index (χ2n) is 6.06. The maximum absolute atomic E-state index is 13.9. The van der Waals surface area contributed by atoms with Crippen LogP contribution < -0.4 is 5.32 Å². The lowest BCUT2D eigenvalue weighted by atomic mass is 10.1. The molecule has 0 aliphatic heterocycles. The number of hydrogen-bond acceptors (Lipinski definition) is 4. The zero-order chi connectivity index (χ0) is 19.9. The van der Waals surface area contributed by atoms with Crippen LogP contribution in [0, 0.1) is 0 Å². The van der Waals surface area contributed by atoms with Gasteiger partial charge >= 0.3 is 12.1 Å². The maximum Gasteiger partial charge on any atom is 0.461 e. The molecule has 4 aromatic rings. The average Bonchev–Trinajstić information content (AvgIpc) is 3.11. The van der Waals surface area contributed by atoms with Crippen molar-refractivity contribution in [1.82, 2.24) is 19.8 Å². The molecule has 0 spiro atoms. The number of fused-ring (bicyclic) bond motifs is 3. The van der Waals surface area contributed by atoms with Crippen LogP contribution in [0.4, 0.5) is 27.8 Å². The molecule has 0 bridgehead atoms. The Labute approximate surface area is 154 Å². The Morgan fingerprint density at radius 2 is 1.46 bits per heavy atom. The van der Waals surface area contributed by atoms with Gasteiger partial charge in [-0.25, -0.2) is 0 Å². The minimum atomic E-state index is -5.82. The third-order valence-electron chi connectivity index (χ3n) is 4.20. The first-order valence-electron chi connectivity index (χ1n) is 8.16. The summed E-state index contributed by atoms with van der Waals surface area (Å²) in [5, 5.41) is 14.5. The molecule has 0 aliphatic rings. The molecule has 0 amide bonds. The number of nitrogens with zero attached hydrogens (tertiary/aromatic N) is 4. The highest BCUT2D eigenvalue weighted by molar-refractivity contribution is 5.99. The fourth-order valence-corrected chi connectivity index (χ4v) is 2.82. The van der Waals surface area contributed by atoms with Crippen molar-refractivity contribution in [2.75, 3.05) is 5.32 Å². The molecule has 0 saturated heterocycles. The summed E-state index contributed by atoms with van der Waals surface area (Å²) in [5.74, 6) is -6.63. The van der Waals surface area contributed by atoms with Crippen molar-refractivity contribution in [2.24, 2.45) is 0 Å². The van der Waals surface area contributed by atoms with Gasteiger partial charge in [-0.3, -0.25) is 0 Å². The molecule has 0 atom stereocenters. The fraction of sp³-hybridized carbons (Fsp3) is 0.167. The number of aromatic nitrogens is 4. The van der Waals surface area contributed by atoms with Crippen molar-refractivity contribution >= 4 is 22.2 Å². The fourth-order valence-electron chi connectivity index (χ4n) is 2.82. The summed E-state index contributed by atoms with van der Waals surface area (Å²) in [6, 6.07) is 15.7. The van der Waals surface area contributed by atoms with E-state index in [1.807, 2.05) is 30.3 Å². The van der Waals surface area contributed by atoms with Crippen LogP contribution in [0.5, 0.6) is 0 Å². The molecule has 1 N–H and O–H groups in total. The molecule has 0 unspecified atom stereocenters. The standard InChI is InChI=1S/C18H12F5N5/c19-17(20,18(21,22)23)16-26-25-15-13-9-5-4-8-12(13)14(27-28(15)16)24-10-11-6-2-1-3-7-11/h1-9H,10H2,(H,24,27). The molecule has 0 aliphatic carbocycles. The number of hydrogen-bond donors (Lipinski definition) is 1. The molecule has 144 valence electrons. The van der Waals surface area contributed by atoms with Crippen LogP contribution in [0.3, 0.4) is 0 Å². The second-order valence-corrected chi connectivity index (χ2v) is 6.06. The Morgan fingerprint density at radius 1 is 0.821 bits per heavy atom.